The van der Waals surface area contributed by atoms with Gasteiger partial charge in [0.25, 0.3) is 0 Å². The predicted octanol–water partition coefficient (Wildman–Crippen LogP) is 0.0487. The fourth-order valence-electron chi connectivity index (χ4n) is 3.05. The Morgan fingerprint density at radius 2 is 2.14 bits per heavy atom. The Morgan fingerprint density at radius 1 is 1.32 bits per heavy atom. The van der Waals surface area contributed by atoms with E-state index in [1.165, 1.54) is 12.8 Å². The van der Waals surface area contributed by atoms with Crippen molar-refractivity contribution in [1.82, 2.24) is 20.2 Å². The van der Waals surface area contributed by atoms with E-state index in [1.807, 2.05) is 16.8 Å². The van der Waals surface area contributed by atoms with Crippen LogP contribution in [-0.4, -0.2) is 60.0 Å². The van der Waals surface area contributed by atoms with Gasteiger partial charge in [-0.15, -0.1) is 0 Å². The number of fused-ring (bicyclic) bond motifs is 1. The fourth-order valence-corrected chi connectivity index (χ4v) is 3.05. The first-order valence-corrected chi connectivity index (χ1v) is 8.01. The van der Waals surface area contributed by atoms with Gasteiger partial charge in [-0.2, -0.15) is 0 Å². The highest BCUT2D eigenvalue weighted by atomic mass is 16.2. The lowest BCUT2D eigenvalue weighted by Gasteiger charge is -2.37. The summed E-state index contributed by atoms with van der Waals surface area (Å²) in [6.07, 6.45) is 4.20. The molecule has 118 valence electrons. The van der Waals surface area contributed by atoms with Gasteiger partial charge in [-0.3, -0.25) is 4.79 Å². The quantitative estimate of drug-likeness (QED) is 0.819. The highest BCUT2D eigenvalue weighted by Crippen LogP contribution is 2.32. The van der Waals surface area contributed by atoms with Crippen LogP contribution in [-0.2, 0) is 11.3 Å². The fraction of sp³-hybridized carbons (Fsp3) is 0.667. The minimum Gasteiger partial charge on any atom is -0.369 e. The second kappa shape index (κ2) is 5.39. The van der Waals surface area contributed by atoms with E-state index >= 15 is 0 Å². The Kier molecular flexibility index (Phi) is 3.37. The van der Waals surface area contributed by atoms with E-state index in [4.69, 9.17) is 0 Å². The maximum atomic E-state index is 12.5. The lowest BCUT2D eigenvalue weighted by molar-refractivity contribution is -0.133. The topological polar surface area (TPSA) is 73.4 Å². The summed E-state index contributed by atoms with van der Waals surface area (Å²) >= 11 is 0. The Morgan fingerprint density at radius 3 is 2.82 bits per heavy atom. The lowest BCUT2D eigenvalue weighted by Crippen LogP contribution is -2.59. The van der Waals surface area contributed by atoms with Crippen LogP contribution in [0.2, 0.25) is 0 Å². The largest absolute Gasteiger partial charge is 0.369 e. The number of rotatable bonds is 4. The summed E-state index contributed by atoms with van der Waals surface area (Å²) in [5, 5.41) is 6.71. The average Bonchev–Trinajstić information content (AvgIpc) is 3.27. The minimum absolute atomic E-state index is 0.167. The van der Waals surface area contributed by atoms with Crippen LogP contribution in [0.25, 0.3) is 0 Å². The second-order valence-corrected chi connectivity index (χ2v) is 6.54. The molecule has 7 nitrogen and oxygen atoms in total. The molecule has 1 aromatic heterocycles. The smallest absolute Gasteiger partial charge is 0.242 e. The van der Waals surface area contributed by atoms with Crippen molar-refractivity contribution >= 4 is 17.5 Å². The third-order valence-electron chi connectivity index (χ3n) is 4.76. The summed E-state index contributed by atoms with van der Waals surface area (Å²) in [6.45, 7) is 3.69. The summed E-state index contributed by atoms with van der Waals surface area (Å²) in [6, 6.07) is 0.295. The van der Waals surface area contributed by atoms with Crippen molar-refractivity contribution in [2.75, 3.05) is 43.4 Å². The molecule has 1 amide bonds. The lowest BCUT2D eigenvalue weighted by atomic mass is 10.1. The van der Waals surface area contributed by atoms with Gasteiger partial charge in [-0.05, 0) is 18.8 Å². The van der Waals surface area contributed by atoms with Crippen LogP contribution in [0.3, 0.4) is 0 Å². The summed E-state index contributed by atoms with van der Waals surface area (Å²) in [5.41, 5.74) is 1.04. The van der Waals surface area contributed by atoms with Gasteiger partial charge in [0.1, 0.15) is 18.0 Å². The molecule has 4 rings (SSSR count). The monoisotopic (exact) mass is 302 g/mol. The van der Waals surface area contributed by atoms with Crippen molar-refractivity contribution < 1.29 is 4.79 Å². The van der Waals surface area contributed by atoms with Crippen LogP contribution < -0.4 is 15.5 Å². The number of aromatic nitrogens is 2. The number of hydrogen-bond donors (Lipinski definition) is 2. The van der Waals surface area contributed by atoms with Crippen molar-refractivity contribution in [1.29, 1.82) is 0 Å². The van der Waals surface area contributed by atoms with E-state index in [-0.39, 0.29) is 5.91 Å². The SMILES string of the molecule is CN1CC(=O)N(C2CNC2)Cc2c(NCC3CC3)ncnc21. The number of nitrogens with one attached hydrogen (secondary N) is 2. The van der Waals surface area contributed by atoms with Gasteiger partial charge in [0, 0.05) is 26.7 Å². The summed E-state index contributed by atoms with van der Waals surface area (Å²) in [4.78, 5) is 25.3. The highest BCUT2D eigenvalue weighted by Gasteiger charge is 2.34. The molecule has 0 unspecified atom stereocenters. The zero-order chi connectivity index (χ0) is 15.1. The highest BCUT2D eigenvalue weighted by molar-refractivity contribution is 5.84. The zero-order valence-corrected chi connectivity index (χ0v) is 12.9. The van der Waals surface area contributed by atoms with E-state index in [9.17, 15) is 4.79 Å². The van der Waals surface area contributed by atoms with Crippen molar-refractivity contribution in [3.8, 4) is 0 Å². The molecule has 1 aromatic rings. The number of amides is 1. The molecule has 0 radical (unpaired) electrons. The number of likely N-dealkylation sites (N-methyl/N-ethyl adjacent to an activating group) is 1. The molecule has 1 saturated carbocycles. The third kappa shape index (κ3) is 2.49. The maximum absolute atomic E-state index is 12.5. The molecule has 0 atom stereocenters. The van der Waals surface area contributed by atoms with Gasteiger partial charge in [0.05, 0.1) is 24.7 Å². The Labute approximate surface area is 130 Å². The van der Waals surface area contributed by atoms with Gasteiger partial charge in [-0.25, -0.2) is 9.97 Å². The van der Waals surface area contributed by atoms with Crippen LogP contribution in [0.15, 0.2) is 6.33 Å². The van der Waals surface area contributed by atoms with Crippen LogP contribution in [0.4, 0.5) is 11.6 Å². The maximum Gasteiger partial charge on any atom is 0.242 e. The molecule has 2 N–H and O–H groups in total. The van der Waals surface area contributed by atoms with E-state index in [2.05, 4.69) is 20.6 Å². The van der Waals surface area contributed by atoms with Crippen LogP contribution >= 0.6 is 0 Å². The first-order chi connectivity index (χ1) is 10.7. The van der Waals surface area contributed by atoms with Crippen LogP contribution in [0, 0.1) is 5.92 Å². The van der Waals surface area contributed by atoms with Gasteiger partial charge in [0.15, 0.2) is 0 Å². The summed E-state index contributed by atoms with van der Waals surface area (Å²) < 4.78 is 0. The zero-order valence-electron chi connectivity index (χ0n) is 12.9. The Bertz CT molecular complexity index is 583. The molecule has 1 aliphatic carbocycles. The van der Waals surface area contributed by atoms with E-state index < -0.39 is 0 Å². The van der Waals surface area contributed by atoms with Crippen molar-refractivity contribution in [2.24, 2.45) is 5.92 Å². The van der Waals surface area contributed by atoms with Crippen molar-refractivity contribution in [2.45, 2.75) is 25.4 Å². The number of nitrogens with zero attached hydrogens (tertiary/aromatic N) is 4. The first-order valence-electron chi connectivity index (χ1n) is 8.01. The van der Waals surface area contributed by atoms with Crippen molar-refractivity contribution in [3.63, 3.8) is 0 Å². The number of carbonyl (C=O) groups excluding carboxylic acids is 1. The Hall–Kier alpha value is -1.89. The minimum atomic E-state index is 0.167. The van der Waals surface area contributed by atoms with E-state index in [1.54, 1.807) is 6.33 Å². The Balaban J connectivity index is 1.63. The van der Waals surface area contributed by atoms with Crippen LogP contribution in [0.1, 0.15) is 18.4 Å². The molecule has 22 heavy (non-hydrogen) atoms. The molecular weight excluding hydrogens is 280 g/mol. The summed E-state index contributed by atoms with van der Waals surface area (Å²) in [5.74, 6) is 2.70. The van der Waals surface area contributed by atoms with E-state index in [0.717, 1.165) is 42.8 Å². The molecule has 0 bridgehead atoms. The normalized spacial score (nSPS) is 22.1. The van der Waals surface area contributed by atoms with Gasteiger partial charge in [0.2, 0.25) is 5.91 Å². The van der Waals surface area contributed by atoms with Gasteiger partial charge < -0.3 is 20.4 Å². The van der Waals surface area contributed by atoms with Crippen molar-refractivity contribution in [3.05, 3.63) is 11.9 Å². The number of hydrogen-bond acceptors (Lipinski definition) is 6. The molecule has 2 aliphatic heterocycles. The molecule has 2 fully saturated rings. The van der Waals surface area contributed by atoms with Crippen LogP contribution in [0.5, 0.6) is 0 Å². The molecular formula is C15H22N6O. The third-order valence-corrected chi connectivity index (χ3v) is 4.76. The number of carbonyl (C=O) groups is 1. The molecule has 1 saturated heterocycles. The predicted molar refractivity (Wildman–Crippen MR) is 83.7 cm³/mol. The van der Waals surface area contributed by atoms with Gasteiger partial charge >= 0.3 is 0 Å². The molecule has 7 heteroatoms. The average molecular weight is 302 g/mol. The van der Waals surface area contributed by atoms with E-state index in [0.29, 0.717) is 19.1 Å². The first kappa shape index (κ1) is 13.8. The number of anilines is 2. The molecule has 3 aliphatic rings. The standard InChI is InChI=1S/C15H22N6O/c1-20-8-13(22)21(11-5-16-6-11)7-12-14(17-4-10-2-3-10)18-9-19-15(12)20/h9-11,16H,2-8H2,1H3,(H,17,18,19). The summed E-state index contributed by atoms with van der Waals surface area (Å²) in [7, 11) is 1.93. The second-order valence-electron chi connectivity index (χ2n) is 6.54. The molecule has 3 heterocycles. The molecule has 0 spiro atoms. The molecule has 0 aromatic carbocycles. The van der Waals surface area contributed by atoms with Gasteiger partial charge in [-0.1, -0.05) is 0 Å².